The van der Waals surface area contributed by atoms with E-state index in [1.807, 2.05) is 0 Å². The van der Waals surface area contributed by atoms with Crippen LogP contribution >= 0.6 is 15.9 Å². The summed E-state index contributed by atoms with van der Waals surface area (Å²) in [5.74, 6) is -4.45. The summed E-state index contributed by atoms with van der Waals surface area (Å²) in [5.41, 5.74) is 0.128. The quantitative estimate of drug-likeness (QED) is 0.503. The zero-order valence-corrected chi connectivity index (χ0v) is 15.1. The van der Waals surface area contributed by atoms with Crippen molar-refractivity contribution in [3.63, 3.8) is 0 Å². The largest absolute Gasteiger partial charge is 0.331 e. The van der Waals surface area contributed by atoms with Gasteiger partial charge in [0.05, 0.1) is 10.2 Å². The minimum absolute atomic E-state index is 0.292. The lowest BCUT2D eigenvalue weighted by molar-refractivity contribution is 0.0695. The molecule has 0 amide bonds. The Bertz CT molecular complexity index is 1030. The third-order valence-electron chi connectivity index (χ3n) is 3.58. The smallest absolute Gasteiger partial charge is 0.283 e. The van der Waals surface area contributed by atoms with Crippen molar-refractivity contribution < 1.29 is 8.78 Å². The molecule has 132 valence electrons. The van der Waals surface area contributed by atoms with Crippen LogP contribution < -0.4 is 5.49 Å². The third-order valence-corrected chi connectivity index (χ3v) is 3.99. The summed E-state index contributed by atoms with van der Waals surface area (Å²) >= 11 is 3.22. The molecule has 2 heterocycles. The number of aryl methyl sites for hydroxylation is 1. The van der Waals surface area contributed by atoms with Crippen LogP contribution in [-0.4, -0.2) is 25.6 Å². The van der Waals surface area contributed by atoms with E-state index in [1.54, 1.807) is 13.0 Å². The van der Waals surface area contributed by atoms with Gasteiger partial charge in [-0.2, -0.15) is 18.6 Å². The van der Waals surface area contributed by atoms with Crippen molar-refractivity contribution in [2.24, 2.45) is 0 Å². The van der Waals surface area contributed by atoms with Crippen molar-refractivity contribution in [1.82, 2.24) is 19.7 Å². The Morgan fingerprint density at radius 3 is 2.54 bits per heavy atom. The Balaban J connectivity index is 2.03. The van der Waals surface area contributed by atoms with Gasteiger partial charge in [0.25, 0.3) is 0 Å². The highest BCUT2D eigenvalue weighted by Gasteiger charge is 2.39. The molecular weight excluding hydrogens is 406 g/mol. The normalized spacial score (nSPS) is 11.4. The first-order valence-corrected chi connectivity index (χ1v) is 8.25. The van der Waals surface area contributed by atoms with Crippen molar-refractivity contribution in [2.45, 2.75) is 12.8 Å². The number of hydrogen-bond acceptors (Lipinski definition) is 5. The number of hydrogen-bond donors (Lipinski definition) is 2. The number of nitrogens with zero attached hydrogens (tertiary/aromatic N) is 4. The molecule has 0 radical (unpaired) electrons. The Hall–Kier alpha value is -2.81. The summed E-state index contributed by atoms with van der Waals surface area (Å²) in [6.07, 6.45) is 3.04. The predicted molar refractivity (Wildman–Crippen MR) is 95.0 cm³/mol. The second kappa shape index (κ2) is 6.83. The molecule has 3 aromatic rings. The minimum atomic E-state index is -3.65. The summed E-state index contributed by atoms with van der Waals surface area (Å²) in [7, 11) is 0. The van der Waals surface area contributed by atoms with Crippen LogP contribution in [0.15, 0.2) is 53.3 Å². The SMILES string of the molecule is Cc1ccc(=N)n(C(=N)C(F)(F)c2cccc(-c3ncc(Br)cn3)c2)n1. The van der Waals surface area contributed by atoms with Crippen LogP contribution in [0, 0.1) is 17.7 Å². The Labute approximate surface area is 155 Å². The van der Waals surface area contributed by atoms with Gasteiger partial charge in [0.2, 0.25) is 0 Å². The lowest BCUT2D eigenvalue weighted by atomic mass is 10.0. The van der Waals surface area contributed by atoms with Gasteiger partial charge in [-0.25, -0.2) is 9.97 Å². The summed E-state index contributed by atoms with van der Waals surface area (Å²) < 4.78 is 31.1. The van der Waals surface area contributed by atoms with Gasteiger partial charge < -0.3 is 0 Å². The molecule has 0 atom stereocenters. The van der Waals surface area contributed by atoms with Crippen LogP contribution in [-0.2, 0) is 5.92 Å². The van der Waals surface area contributed by atoms with Crippen molar-refractivity contribution in [2.75, 3.05) is 0 Å². The van der Waals surface area contributed by atoms with Crippen molar-refractivity contribution in [1.29, 1.82) is 10.8 Å². The van der Waals surface area contributed by atoms with Crippen LogP contribution in [0.2, 0.25) is 0 Å². The minimum Gasteiger partial charge on any atom is -0.283 e. The second-order valence-electron chi connectivity index (χ2n) is 5.50. The van der Waals surface area contributed by atoms with E-state index in [9.17, 15) is 8.78 Å². The molecule has 0 fully saturated rings. The third kappa shape index (κ3) is 3.43. The molecule has 26 heavy (non-hydrogen) atoms. The Morgan fingerprint density at radius 1 is 1.15 bits per heavy atom. The highest BCUT2D eigenvalue weighted by Crippen LogP contribution is 2.31. The van der Waals surface area contributed by atoms with Gasteiger partial charge in [-0.15, -0.1) is 0 Å². The molecule has 0 unspecified atom stereocenters. The van der Waals surface area contributed by atoms with Crippen molar-refractivity contribution in [3.05, 3.63) is 70.0 Å². The van der Waals surface area contributed by atoms with Crippen LogP contribution in [0.3, 0.4) is 0 Å². The maximum absolute atomic E-state index is 14.9. The topological polar surface area (TPSA) is 91.3 Å². The lowest BCUT2D eigenvalue weighted by Crippen LogP contribution is -2.39. The van der Waals surface area contributed by atoms with Gasteiger partial charge in [-0.05, 0) is 41.1 Å². The van der Waals surface area contributed by atoms with Crippen LogP contribution in [0.1, 0.15) is 11.3 Å². The first-order chi connectivity index (χ1) is 12.3. The van der Waals surface area contributed by atoms with Gasteiger partial charge in [0.15, 0.2) is 11.7 Å². The second-order valence-corrected chi connectivity index (χ2v) is 6.42. The molecule has 0 bridgehead atoms. The molecule has 0 aliphatic rings. The first-order valence-electron chi connectivity index (χ1n) is 7.46. The molecule has 0 saturated heterocycles. The zero-order valence-electron chi connectivity index (χ0n) is 13.5. The van der Waals surface area contributed by atoms with E-state index in [0.717, 1.165) is 0 Å². The fourth-order valence-electron chi connectivity index (χ4n) is 2.27. The number of aromatic nitrogens is 4. The van der Waals surface area contributed by atoms with E-state index in [-0.39, 0.29) is 5.49 Å². The van der Waals surface area contributed by atoms with Gasteiger partial charge in [-0.1, -0.05) is 18.2 Å². The highest BCUT2D eigenvalue weighted by molar-refractivity contribution is 9.10. The average molecular weight is 419 g/mol. The van der Waals surface area contributed by atoms with Crippen molar-refractivity contribution in [3.8, 4) is 11.4 Å². The van der Waals surface area contributed by atoms with Gasteiger partial charge in [-0.3, -0.25) is 10.8 Å². The number of benzene rings is 1. The standard InChI is InChI=1S/C17H13BrF2N6/c1-10-5-6-14(21)26(25-10)16(22)17(19,20)12-4-2-3-11(7-12)15-23-8-13(18)9-24-15/h2-9,21-22H,1H3. The monoisotopic (exact) mass is 418 g/mol. The summed E-state index contributed by atoms with van der Waals surface area (Å²) in [4.78, 5) is 8.19. The van der Waals surface area contributed by atoms with E-state index in [0.29, 0.717) is 26.2 Å². The molecule has 0 aliphatic heterocycles. The fraction of sp³-hybridized carbons (Fsp3) is 0.118. The maximum atomic E-state index is 14.9. The molecule has 0 aliphatic carbocycles. The number of rotatable bonds is 3. The fourth-order valence-corrected chi connectivity index (χ4v) is 2.47. The summed E-state index contributed by atoms with van der Waals surface area (Å²) in [5, 5.41) is 19.5. The van der Waals surface area contributed by atoms with Crippen LogP contribution in [0.25, 0.3) is 11.4 Å². The van der Waals surface area contributed by atoms with E-state index < -0.39 is 17.3 Å². The number of alkyl halides is 2. The van der Waals surface area contributed by atoms with E-state index in [2.05, 4.69) is 31.0 Å². The lowest BCUT2D eigenvalue weighted by Gasteiger charge is -2.19. The maximum Gasteiger partial charge on any atom is 0.331 e. The first kappa shape index (κ1) is 18.0. The molecule has 3 rings (SSSR count). The Morgan fingerprint density at radius 2 is 1.85 bits per heavy atom. The van der Waals surface area contributed by atoms with E-state index in [1.165, 1.54) is 42.7 Å². The van der Waals surface area contributed by atoms with Gasteiger partial charge in [0, 0.05) is 23.5 Å². The molecule has 2 N–H and O–H groups in total. The van der Waals surface area contributed by atoms with E-state index in [4.69, 9.17) is 10.8 Å². The zero-order chi connectivity index (χ0) is 18.9. The van der Waals surface area contributed by atoms with Gasteiger partial charge in [0.1, 0.15) is 5.49 Å². The van der Waals surface area contributed by atoms with Crippen LogP contribution in [0.5, 0.6) is 0 Å². The molecule has 0 saturated carbocycles. The van der Waals surface area contributed by atoms with Crippen molar-refractivity contribution >= 4 is 21.8 Å². The number of halogens is 3. The van der Waals surface area contributed by atoms with E-state index >= 15 is 0 Å². The summed E-state index contributed by atoms with van der Waals surface area (Å²) in [6.45, 7) is 1.60. The number of nitrogens with one attached hydrogen (secondary N) is 2. The predicted octanol–water partition coefficient (Wildman–Crippen LogP) is 3.51. The highest BCUT2D eigenvalue weighted by atomic mass is 79.9. The molecule has 1 aromatic carbocycles. The average Bonchev–Trinajstić information content (AvgIpc) is 2.64. The van der Waals surface area contributed by atoms with Crippen LogP contribution in [0.4, 0.5) is 8.78 Å². The molecular formula is C17H13BrF2N6. The molecule has 6 nitrogen and oxygen atoms in total. The summed E-state index contributed by atoms with van der Waals surface area (Å²) in [6, 6.07) is 8.36. The molecule has 9 heteroatoms. The molecule has 2 aromatic heterocycles. The molecule has 0 spiro atoms. The Kier molecular flexibility index (Phi) is 4.73. The van der Waals surface area contributed by atoms with Gasteiger partial charge >= 0.3 is 5.92 Å².